The third-order valence-corrected chi connectivity index (χ3v) is 5.91. The Kier molecular flexibility index (Phi) is 7.38. The van der Waals surface area contributed by atoms with Crippen molar-refractivity contribution < 1.29 is 22.7 Å². The number of rotatable bonds is 9. The predicted octanol–water partition coefficient (Wildman–Crippen LogP) is 2.80. The van der Waals surface area contributed by atoms with Crippen LogP contribution in [0.2, 0.25) is 0 Å². The first kappa shape index (κ1) is 20.9. The number of esters is 1. The highest BCUT2D eigenvalue weighted by molar-refractivity contribution is 7.89. The fourth-order valence-electron chi connectivity index (χ4n) is 2.58. The number of sulfonamides is 1. The van der Waals surface area contributed by atoms with Gasteiger partial charge in [-0.15, -0.1) is 0 Å². The summed E-state index contributed by atoms with van der Waals surface area (Å²) in [5.41, 5.74) is 1.88. The lowest BCUT2D eigenvalue weighted by Crippen LogP contribution is -2.38. The van der Waals surface area contributed by atoms with Gasteiger partial charge in [-0.1, -0.05) is 29.8 Å². The van der Waals surface area contributed by atoms with Crippen LogP contribution < -0.4 is 4.74 Å². The molecule has 0 aliphatic carbocycles. The quantitative estimate of drug-likeness (QED) is 0.615. The van der Waals surface area contributed by atoms with Gasteiger partial charge in [-0.05, 0) is 50.1 Å². The molecule has 0 amide bonds. The molecule has 0 saturated carbocycles. The maximum absolute atomic E-state index is 13.0. The number of nitrogens with zero attached hydrogens (tertiary/aromatic N) is 1. The Hall–Kier alpha value is -2.38. The Morgan fingerprint density at radius 1 is 1.11 bits per heavy atom. The summed E-state index contributed by atoms with van der Waals surface area (Å²) in [6, 6.07) is 14.0. The van der Waals surface area contributed by atoms with Crippen LogP contribution in [0, 0.1) is 6.92 Å². The van der Waals surface area contributed by atoms with Gasteiger partial charge in [-0.25, -0.2) is 8.42 Å². The van der Waals surface area contributed by atoms with Crippen molar-refractivity contribution in [1.82, 2.24) is 4.31 Å². The summed E-state index contributed by atoms with van der Waals surface area (Å²) in [5, 5.41) is 0. The summed E-state index contributed by atoms with van der Waals surface area (Å²) in [7, 11) is -2.24. The summed E-state index contributed by atoms with van der Waals surface area (Å²) in [4.78, 5) is 12.1. The molecule has 0 N–H and O–H groups in total. The van der Waals surface area contributed by atoms with Crippen LogP contribution in [0.3, 0.4) is 0 Å². The van der Waals surface area contributed by atoms with Gasteiger partial charge in [-0.3, -0.25) is 4.79 Å². The van der Waals surface area contributed by atoms with Crippen LogP contribution in [0.1, 0.15) is 18.1 Å². The number of hydrogen-bond donors (Lipinski definition) is 0. The zero-order valence-corrected chi connectivity index (χ0v) is 16.7. The fraction of sp³-hybridized carbons (Fsp3) is 0.350. The van der Waals surface area contributed by atoms with Crippen molar-refractivity contribution in [3.63, 3.8) is 0 Å². The van der Waals surface area contributed by atoms with Crippen LogP contribution in [-0.4, -0.2) is 45.5 Å². The lowest BCUT2D eigenvalue weighted by Gasteiger charge is -2.21. The number of benzene rings is 2. The molecular weight excluding hydrogens is 366 g/mol. The van der Waals surface area contributed by atoms with E-state index >= 15 is 0 Å². The molecule has 2 aromatic rings. The Morgan fingerprint density at radius 2 is 1.81 bits per heavy atom. The van der Waals surface area contributed by atoms with Crippen LogP contribution in [0.15, 0.2) is 53.4 Å². The van der Waals surface area contributed by atoms with Gasteiger partial charge in [0, 0.05) is 6.54 Å². The highest BCUT2D eigenvalue weighted by atomic mass is 32.2. The summed E-state index contributed by atoms with van der Waals surface area (Å²) < 4.78 is 37.4. The third kappa shape index (κ3) is 5.80. The first-order valence-corrected chi connectivity index (χ1v) is 10.2. The first-order chi connectivity index (χ1) is 12.9. The molecule has 2 rings (SSSR count). The molecule has 2 aromatic carbocycles. The highest BCUT2D eigenvalue weighted by Gasteiger charge is 2.27. The van der Waals surface area contributed by atoms with E-state index in [0.717, 1.165) is 15.4 Å². The van der Waals surface area contributed by atoms with Gasteiger partial charge in [0.1, 0.15) is 12.3 Å². The van der Waals surface area contributed by atoms with E-state index in [9.17, 15) is 13.2 Å². The Labute approximate surface area is 160 Å². The number of aryl methyl sites for hydroxylation is 1. The van der Waals surface area contributed by atoms with E-state index in [1.165, 1.54) is 0 Å². The second kappa shape index (κ2) is 9.53. The van der Waals surface area contributed by atoms with Crippen molar-refractivity contribution in [3.05, 3.63) is 59.7 Å². The van der Waals surface area contributed by atoms with Crippen molar-refractivity contribution in [1.29, 1.82) is 0 Å². The van der Waals surface area contributed by atoms with Crippen LogP contribution in [0.5, 0.6) is 5.75 Å². The van der Waals surface area contributed by atoms with Gasteiger partial charge >= 0.3 is 5.97 Å². The van der Waals surface area contributed by atoms with Crippen molar-refractivity contribution in [3.8, 4) is 5.75 Å². The zero-order valence-electron chi connectivity index (χ0n) is 15.8. The molecule has 0 aliphatic heterocycles. The van der Waals surface area contributed by atoms with E-state index in [2.05, 4.69) is 0 Å². The van der Waals surface area contributed by atoms with E-state index in [0.29, 0.717) is 12.2 Å². The fourth-order valence-corrected chi connectivity index (χ4v) is 3.96. The van der Waals surface area contributed by atoms with Gasteiger partial charge < -0.3 is 9.47 Å². The van der Waals surface area contributed by atoms with E-state index in [1.54, 1.807) is 38.3 Å². The van der Waals surface area contributed by atoms with E-state index in [4.69, 9.17) is 9.47 Å². The van der Waals surface area contributed by atoms with Gasteiger partial charge in [-0.2, -0.15) is 4.31 Å². The third-order valence-electron chi connectivity index (χ3n) is 4.05. The molecule has 6 nitrogen and oxygen atoms in total. The smallest absolute Gasteiger partial charge is 0.321 e. The lowest BCUT2D eigenvalue weighted by atomic mass is 10.1. The average Bonchev–Trinajstić information content (AvgIpc) is 2.65. The Bertz CT molecular complexity index is 862. The van der Waals surface area contributed by atoms with Crippen molar-refractivity contribution in [2.24, 2.45) is 0 Å². The molecule has 0 heterocycles. The van der Waals surface area contributed by atoms with Gasteiger partial charge in [0.05, 0.1) is 18.6 Å². The summed E-state index contributed by atoms with van der Waals surface area (Å²) in [6.45, 7) is 3.60. The molecule has 0 atom stereocenters. The van der Waals surface area contributed by atoms with Crippen molar-refractivity contribution in [2.75, 3.05) is 26.8 Å². The molecule has 0 bridgehead atoms. The Morgan fingerprint density at radius 3 is 2.44 bits per heavy atom. The SMILES string of the molecule is CCOC(=O)CN(CCc1cccc(OC)c1)S(=O)(=O)c1ccc(C)cc1. The minimum Gasteiger partial charge on any atom is -0.497 e. The molecule has 0 radical (unpaired) electrons. The van der Waals surface area contributed by atoms with Crippen LogP contribution in [0.4, 0.5) is 0 Å². The number of ether oxygens (including phenoxy) is 2. The minimum atomic E-state index is -3.82. The average molecular weight is 391 g/mol. The van der Waals surface area contributed by atoms with Crippen LogP contribution in [-0.2, 0) is 26.0 Å². The molecule has 7 heteroatoms. The highest BCUT2D eigenvalue weighted by Crippen LogP contribution is 2.18. The maximum atomic E-state index is 13.0. The first-order valence-electron chi connectivity index (χ1n) is 8.72. The largest absolute Gasteiger partial charge is 0.497 e. The maximum Gasteiger partial charge on any atom is 0.321 e. The van der Waals surface area contributed by atoms with Crippen molar-refractivity contribution in [2.45, 2.75) is 25.2 Å². The molecule has 0 fully saturated rings. The zero-order chi connectivity index (χ0) is 19.9. The minimum absolute atomic E-state index is 0.155. The summed E-state index contributed by atoms with van der Waals surface area (Å²) >= 11 is 0. The van der Waals surface area contributed by atoms with Crippen LogP contribution in [0.25, 0.3) is 0 Å². The van der Waals surface area contributed by atoms with Gasteiger partial charge in [0.2, 0.25) is 10.0 Å². The molecule has 0 aliphatic rings. The molecule has 0 unspecified atom stereocenters. The number of hydrogen-bond acceptors (Lipinski definition) is 5. The Balaban J connectivity index is 2.24. The van der Waals surface area contributed by atoms with E-state index in [-0.39, 0.29) is 24.6 Å². The molecular formula is C20H25NO5S. The van der Waals surface area contributed by atoms with Crippen molar-refractivity contribution >= 4 is 16.0 Å². The predicted molar refractivity (Wildman–Crippen MR) is 103 cm³/mol. The number of methoxy groups -OCH3 is 1. The second-order valence-electron chi connectivity index (χ2n) is 6.06. The molecule has 146 valence electrons. The molecule has 0 spiro atoms. The normalized spacial score (nSPS) is 11.4. The van der Waals surface area contributed by atoms with E-state index < -0.39 is 16.0 Å². The lowest BCUT2D eigenvalue weighted by molar-refractivity contribution is -0.143. The standard InChI is InChI=1S/C20H25NO5S/c1-4-26-20(22)15-21(13-12-17-6-5-7-18(14-17)25-3)27(23,24)19-10-8-16(2)9-11-19/h5-11,14H,4,12-13,15H2,1-3H3. The molecule has 27 heavy (non-hydrogen) atoms. The number of carbonyl (C=O) groups excluding carboxylic acids is 1. The van der Waals surface area contributed by atoms with E-state index in [1.807, 2.05) is 31.2 Å². The second-order valence-corrected chi connectivity index (χ2v) is 8.00. The summed E-state index contributed by atoms with van der Waals surface area (Å²) in [6.07, 6.45) is 0.446. The van der Waals surface area contributed by atoms with Crippen LogP contribution >= 0.6 is 0 Å². The molecule has 0 saturated heterocycles. The molecule has 0 aromatic heterocycles. The van der Waals surface area contributed by atoms with Gasteiger partial charge in [0.25, 0.3) is 0 Å². The monoisotopic (exact) mass is 391 g/mol. The van der Waals surface area contributed by atoms with Gasteiger partial charge in [0.15, 0.2) is 0 Å². The topological polar surface area (TPSA) is 72.9 Å². The number of carbonyl (C=O) groups is 1. The summed E-state index contributed by atoms with van der Waals surface area (Å²) in [5.74, 6) is 0.129.